The SMILES string of the molecule is CCNC(=O)Cc1cnc(NS(=O)(=O)c2cccc(Cl)c2C)s1.CCOC(=O)Cc1cnc(NS(=O)(=O)c2ccc(-c3ccccc3)cc2)s1. The summed E-state index contributed by atoms with van der Waals surface area (Å²) in [7, 11) is -7.53. The number of carbonyl (C=O) groups is 2. The van der Waals surface area contributed by atoms with Gasteiger partial charge in [-0.25, -0.2) is 26.8 Å². The molecule has 5 aromatic rings. The van der Waals surface area contributed by atoms with Crippen LogP contribution in [0.3, 0.4) is 0 Å². The van der Waals surface area contributed by atoms with Crippen LogP contribution in [0.1, 0.15) is 29.2 Å². The molecule has 0 saturated carbocycles. The Labute approximate surface area is 304 Å². The Kier molecular flexibility index (Phi) is 13.5. The molecule has 264 valence electrons. The number of sulfonamides is 2. The van der Waals surface area contributed by atoms with Crippen LogP contribution in [-0.2, 0) is 47.2 Å². The van der Waals surface area contributed by atoms with Crippen LogP contribution in [-0.4, -0.2) is 51.8 Å². The van der Waals surface area contributed by atoms with Crippen molar-refractivity contribution in [1.29, 1.82) is 0 Å². The summed E-state index contributed by atoms with van der Waals surface area (Å²) in [6.07, 6.45) is 3.20. The van der Waals surface area contributed by atoms with Crippen LogP contribution < -0.4 is 14.8 Å². The van der Waals surface area contributed by atoms with Crippen molar-refractivity contribution >= 4 is 76.5 Å². The van der Waals surface area contributed by atoms with Gasteiger partial charge in [-0.3, -0.25) is 19.0 Å². The molecule has 2 aromatic heterocycles. The molecule has 1 amide bonds. The first kappa shape index (κ1) is 38.5. The molecule has 3 N–H and O–H groups in total. The number of hydrogen-bond donors (Lipinski definition) is 3. The molecule has 2 heterocycles. The van der Waals surface area contributed by atoms with Crippen molar-refractivity contribution in [3.8, 4) is 11.1 Å². The van der Waals surface area contributed by atoms with E-state index in [0.29, 0.717) is 33.5 Å². The van der Waals surface area contributed by atoms with Gasteiger partial charge < -0.3 is 10.1 Å². The van der Waals surface area contributed by atoms with Gasteiger partial charge in [0.05, 0.1) is 29.2 Å². The quantitative estimate of drug-likeness (QED) is 0.116. The van der Waals surface area contributed by atoms with E-state index in [-0.39, 0.29) is 44.8 Å². The molecule has 17 heteroatoms. The van der Waals surface area contributed by atoms with Gasteiger partial charge in [-0.15, -0.1) is 22.7 Å². The molecule has 0 atom stereocenters. The second kappa shape index (κ2) is 17.5. The number of amides is 1. The molecule has 0 aliphatic carbocycles. The Bertz CT molecular complexity index is 2140. The van der Waals surface area contributed by atoms with Crippen LogP contribution in [0, 0.1) is 6.92 Å². The maximum absolute atomic E-state index is 12.5. The Balaban J connectivity index is 0.000000228. The minimum atomic E-state index is -3.78. The van der Waals surface area contributed by atoms with E-state index in [2.05, 4.69) is 24.7 Å². The first-order chi connectivity index (χ1) is 23.8. The number of esters is 1. The van der Waals surface area contributed by atoms with Gasteiger partial charge in [0.2, 0.25) is 5.91 Å². The molecule has 0 saturated heterocycles. The molecule has 0 fully saturated rings. The molecule has 0 unspecified atom stereocenters. The Morgan fingerprint density at radius 1 is 0.760 bits per heavy atom. The number of rotatable bonds is 13. The van der Waals surface area contributed by atoms with Gasteiger partial charge in [0.25, 0.3) is 20.0 Å². The summed E-state index contributed by atoms with van der Waals surface area (Å²) in [6, 6.07) is 21.0. The number of thiazole rings is 2. The average molecular weight is 776 g/mol. The van der Waals surface area contributed by atoms with Crippen molar-refractivity contribution in [1.82, 2.24) is 15.3 Å². The molecular weight excluding hydrogens is 742 g/mol. The van der Waals surface area contributed by atoms with Gasteiger partial charge in [-0.2, -0.15) is 0 Å². The van der Waals surface area contributed by atoms with Crippen molar-refractivity contribution in [2.45, 2.75) is 43.4 Å². The molecule has 0 radical (unpaired) electrons. The number of aromatic nitrogens is 2. The van der Waals surface area contributed by atoms with Crippen LogP contribution in [0.2, 0.25) is 5.02 Å². The first-order valence-corrected chi connectivity index (χ1v) is 20.1. The summed E-state index contributed by atoms with van der Waals surface area (Å²) < 4.78 is 59.7. The smallest absolute Gasteiger partial charge is 0.311 e. The van der Waals surface area contributed by atoms with Gasteiger partial charge >= 0.3 is 5.97 Å². The predicted molar refractivity (Wildman–Crippen MR) is 197 cm³/mol. The fourth-order valence-electron chi connectivity index (χ4n) is 4.32. The summed E-state index contributed by atoms with van der Waals surface area (Å²) in [5, 5.41) is 3.48. The van der Waals surface area contributed by atoms with Crippen molar-refractivity contribution in [2.24, 2.45) is 0 Å². The maximum atomic E-state index is 12.5. The van der Waals surface area contributed by atoms with Crippen molar-refractivity contribution in [3.63, 3.8) is 0 Å². The summed E-state index contributed by atoms with van der Waals surface area (Å²) in [4.78, 5) is 32.6. The van der Waals surface area contributed by atoms with E-state index in [1.807, 2.05) is 37.3 Å². The maximum Gasteiger partial charge on any atom is 0.311 e. The highest BCUT2D eigenvalue weighted by Crippen LogP contribution is 2.27. The molecule has 5 rings (SSSR count). The highest BCUT2D eigenvalue weighted by molar-refractivity contribution is 7.93. The number of likely N-dealkylation sites (N-methyl/N-ethyl adjacent to an activating group) is 1. The van der Waals surface area contributed by atoms with Gasteiger partial charge in [0, 0.05) is 33.7 Å². The van der Waals surface area contributed by atoms with E-state index < -0.39 is 20.0 Å². The Morgan fingerprint density at radius 2 is 1.34 bits per heavy atom. The molecule has 12 nitrogen and oxygen atoms in total. The lowest BCUT2D eigenvalue weighted by molar-refractivity contribution is -0.142. The van der Waals surface area contributed by atoms with Gasteiger partial charge in [0.1, 0.15) is 0 Å². The lowest BCUT2D eigenvalue weighted by atomic mass is 10.1. The highest BCUT2D eigenvalue weighted by Gasteiger charge is 2.20. The minimum absolute atomic E-state index is 0.0685. The van der Waals surface area contributed by atoms with E-state index in [0.717, 1.165) is 33.8 Å². The number of anilines is 2. The van der Waals surface area contributed by atoms with Gasteiger partial charge in [0.15, 0.2) is 10.3 Å². The predicted octanol–water partition coefficient (Wildman–Crippen LogP) is 6.30. The molecule has 0 spiro atoms. The third kappa shape index (κ3) is 10.8. The topological polar surface area (TPSA) is 174 Å². The van der Waals surface area contributed by atoms with Crippen LogP contribution in [0.25, 0.3) is 11.1 Å². The number of hydrogen-bond acceptors (Lipinski definition) is 11. The van der Waals surface area contributed by atoms with Crippen LogP contribution in [0.4, 0.5) is 10.3 Å². The third-order valence-corrected chi connectivity index (χ3v) is 12.0. The Hall–Kier alpha value is -4.35. The lowest BCUT2D eigenvalue weighted by Gasteiger charge is -2.09. The Morgan fingerprint density at radius 3 is 1.94 bits per heavy atom. The molecular formula is C33H34ClN5O7S4. The van der Waals surface area contributed by atoms with E-state index in [4.69, 9.17) is 16.3 Å². The second-order valence-corrected chi connectivity index (χ2v) is 16.3. The summed E-state index contributed by atoms with van der Waals surface area (Å²) in [5.74, 6) is -0.497. The zero-order chi connectivity index (χ0) is 36.3. The monoisotopic (exact) mass is 775 g/mol. The third-order valence-electron chi connectivity index (χ3n) is 6.66. The van der Waals surface area contributed by atoms with E-state index in [1.54, 1.807) is 50.2 Å². The minimum Gasteiger partial charge on any atom is -0.466 e. The molecule has 3 aromatic carbocycles. The second-order valence-electron chi connectivity index (χ2n) is 10.3. The average Bonchev–Trinajstić information content (AvgIpc) is 3.70. The first-order valence-electron chi connectivity index (χ1n) is 15.1. The molecule has 0 bridgehead atoms. The zero-order valence-corrected chi connectivity index (χ0v) is 31.2. The fraction of sp³-hybridized carbons (Fsp3) is 0.212. The van der Waals surface area contributed by atoms with Crippen LogP contribution in [0.15, 0.2) is 95.0 Å². The number of nitrogens with zero attached hydrogens (tertiary/aromatic N) is 2. The highest BCUT2D eigenvalue weighted by atomic mass is 35.5. The number of halogens is 1. The molecule has 0 aliphatic heterocycles. The standard InChI is InChI=1S/C19H18N2O4S2.C14H16ClN3O3S2/c1-2-25-18(22)12-16-13-20-19(26-16)21-27(23,24)17-10-8-15(9-11-17)14-6-4-3-5-7-14;1-3-16-13(19)7-10-8-17-14(22-10)18-23(20,21)12-6-4-5-11(15)9(12)2/h3-11,13H,2,12H2,1H3,(H,20,21);4-6,8H,3,7H2,1-2H3,(H,16,19)(H,17,18). The number of benzene rings is 3. The van der Waals surface area contributed by atoms with Gasteiger partial charge in [-0.1, -0.05) is 60.1 Å². The van der Waals surface area contributed by atoms with Crippen LogP contribution in [0.5, 0.6) is 0 Å². The van der Waals surface area contributed by atoms with E-state index in [1.165, 1.54) is 18.5 Å². The van der Waals surface area contributed by atoms with Gasteiger partial charge in [-0.05, 0) is 61.7 Å². The number of nitrogens with one attached hydrogen (secondary N) is 3. The van der Waals surface area contributed by atoms with Crippen LogP contribution >= 0.6 is 34.3 Å². The van der Waals surface area contributed by atoms with Crippen molar-refractivity contribution in [2.75, 3.05) is 22.6 Å². The summed E-state index contributed by atoms with van der Waals surface area (Å²) in [6.45, 7) is 6.05. The fourth-order valence-corrected chi connectivity index (χ4v) is 8.92. The largest absolute Gasteiger partial charge is 0.466 e. The summed E-state index contributed by atoms with van der Waals surface area (Å²) >= 11 is 8.19. The molecule has 50 heavy (non-hydrogen) atoms. The zero-order valence-electron chi connectivity index (χ0n) is 27.2. The molecule has 0 aliphatic rings. The van der Waals surface area contributed by atoms with Crippen molar-refractivity contribution in [3.05, 3.63) is 106 Å². The van der Waals surface area contributed by atoms with Crippen molar-refractivity contribution < 1.29 is 31.2 Å². The number of ether oxygens (including phenoxy) is 1. The van der Waals surface area contributed by atoms with E-state index >= 15 is 0 Å². The number of carbonyl (C=O) groups excluding carboxylic acids is 2. The summed E-state index contributed by atoms with van der Waals surface area (Å²) in [5.41, 5.74) is 2.42. The lowest BCUT2D eigenvalue weighted by Crippen LogP contribution is -2.23. The normalized spacial score (nSPS) is 11.2. The van der Waals surface area contributed by atoms with E-state index in [9.17, 15) is 26.4 Å².